The number of allylic oxidation sites excluding steroid dienone is 1. The van der Waals surface area contributed by atoms with Crippen LogP contribution in [0.15, 0.2) is 17.7 Å². The normalized spacial score (nSPS) is 21.8. The van der Waals surface area contributed by atoms with Crippen LogP contribution in [-0.4, -0.2) is 9.78 Å². The Morgan fingerprint density at radius 2 is 2.11 bits per heavy atom. The topological polar surface area (TPSA) is 43.8 Å². The van der Waals surface area contributed by atoms with Crippen LogP contribution in [0.25, 0.3) is 0 Å². The van der Waals surface area contributed by atoms with Crippen LogP contribution in [0.2, 0.25) is 0 Å². The Bertz CT molecular complexity index is 417. The molecule has 2 rings (SSSR count). The lowest BCUT2D eigenvalue weighted by Gasteiger charge is -2.18. The highest BCUT2D eigenvalue weighted by Crippen LogP contribution is 2.27. The molecule has 1 aromatic heterocycles. The molecule has 0 aromatic carbocycles. The summed E-state index contributed by atoms with van der Waals surface area (Å²) in [4.78, 5) is 0. The SMILES string of the molecule is CCc1cc(C(N)/C2=C/CCCCCC2)n(C)n1. The van der Waals surface area contributed by atoms with E-state index in [2.05, 4.69) is 24.2 Å². The van der Waals surface area contributed by atoms with Gasteiger partial charge in [0.15, 0.2) is 0 Å². The third-order valence-corrected chi connectivity index (χ3v) is 3.87. The summed E-state index contributed by atoms with van der Waals surface area (Å²) in [5.41, 5.74) is 10.1. The third-order valence-electron chi connectivity index (χ3n) is 3.87. The molecular weight excluding hydrogens is 222 g/mol. The van der Waals surface area contributed by atoms with E-state index in [4.69, 9.17) is 5.73 Å². The zero-order valence-corrected chi connectivity index (χ0v) is 11.7. The fourth-order valence-electron chi connectivity index (χ4n) is 2.70. The number of hydrogen-bond donors (Lipinski definition) is 1. The summed E-state index contributed by atoms with van der Waals surface area (Å²) in [6, 6.07) is 2.19. The van der Waals surface area contributed by atoms with Gasteiger partial charge in [0, 0.05) is 7.05 Å². The number of rotatable bonds is 3. The first kappa shape index (κ1) is 13.3. The molecule has 18 heavy (non-hydrogen) atoms. The van der Waals surface area contributed by atoms with E-state index in [1.807, 2.05) is 11.7 Å². The van der Waals surface area contributed by atoms with E-state index in [1.165, 1.54) is 37.7 Å². The van der Waals surface area contributed by atoms with Crippen LogP contribution in [0, 0.1) is 0 Å². The molecule has 3 heteroatoms. The van der Waals surface area contributed by atoms with Crippen LogP contribution in [0.4, 0.5) is 0 Å². The van der Waals surface area contributed by atoms with Crippen molar-refractivity contribution in [2.45, 2.75) is 57.9 Å². The van der Waals surface area contributed by atoms with Gasteiger partial charge in [0.1, 0.15) is 0 Å². The molecule has 100 valence electrons. The Morgan fingerprint density at radius 3 is 2.83 bits per heavy atom. The molecule has 1 aliphatic carbocycles. The second-order valence-corrected chi connectivity index (χ2v) is 5.25. The van der Waals surface area contributed by atoms with Crippen LogP contribution in [-0.2, 0) is 13.5 Å². The van der Waals surface area contributed by atoms with Crippen LogP contribution >= 0.6 is 0 Å². The number of aryl methyl sites for hydroxylation is 2. The van der Waals surface area contributed by atoms with Crippen molar-refractivity contribution in [3.8, 4) is 0 Å². The summed E-state index contributed by atoms with van der Waals surface area (Å²) < 4.78 is 1.95. The molecule has 1 aliphatic rings. The molecule has 1 atom stereocenters. The number of nitrogens with zero attached hydrogens (tertiary/aromatic N) is 2. The zero-order valence-electron chi connectivity index (χ0n) is 11.7. The minimum Gasteiger partial charge on any atom is -0.319 e. The summed E-state index contributed by atoms with van der Waals surface area (Å²) in [6.45, 7) is 2.13. The van der Waals surface area contributed by atoms with E-state index >= 15 is 0 Å². The number of nitrogens with two attached hydrogens (primary N) is 1. The third kappa shape index (κ3) is 3.02. The molecular formula is C15H25N3. The molecule has 0 saturated heterocycles. The van der Waals surface area contributed by atoms with Crippen molar-refractivity contribution < 1.29 is 0 Å². The molecule has 3 nitrogen and oxygen atoms in total. The quantitative estimate of drug-likeness (QED) is 0.833. The Balaban J connectivity index is 2.17. The maximum atomic E-state index is 6.43. The van der Waals surface area contributed by atoms with E-state index in [0.717, 1.165) is 24.2 Å². The first-order valence-corrected chi connectivity index (χ1v) is 7.19. The van der Waals surface area contributed by atoms with Crippen molar-refractivity contribution in [2.75, 3.05) is 0 Å². The Hall–Kier alpha value is -1.09. The van der Waals surface area contributed by atoms with Gasteiger partial charge in [-0.2, -0.15) is 5.10 Å². The van der Waals surface area contributed by atoms with Crippen LogP contribution in [0.1, 0.15) is 62.9 Å². The molecule has 0 radical (unpaired) electrons. The van der Waals surface area contributed by atoms with Gasteiger partial charge in [0.05, 0.1) is 17.4 Å². The summed E-state index contributed by atoms with van der Waals surface area (Å²) in [5, 5.41) is 4.50. The number of hydrogen-bond acceptors (Lipinski definition) is 2. The zero-order chi connectivity index (χ0) is 13.0. The maximum absolute atomic E-state index is 6.43. The van der Waals surface area contributed by atoms with Gasteiger partial charge in [-0.3, -0.25) is 4.68 Å². The molecule has 0 aliphatic heterocycles. The van der Waals surface area contributed by atoms with E-state index in [9.17, 15) is 0 Å². The lowest BCUT2D eigenvalue weighted by atomic mass is 9.93. The smallest absolute Gasteiger partial charge is 0.0682 e. The largest absolute Gasteiger partial charge is 0.319 e. The van der Waals surface area contributed by atoms with Gasteiger partial charge in [-0.25, -0.2) is 0 Å². The lowest BCUT2D eigenvalue weighted by Crippen LogP contribution is -2.17. The summed E-state index contributed by atoms with van der Waals surface area (Å²) in [6.07, 6.45) is 11.0. The van der Waals surface area contributed by atoms with Crippen molar-refractivity contribution in [1.29, 1.82) is 0 Å². The molecule has 1 heterocycles. The van der Waals surface area contributed by atoms with Crippen LogP contribution in [0.3, 0.4) is 0 Å². The highest BCUT2D eigenvalue weighted by Gasteiger charge is 2.17. The summed E-state index contributed by atoms with van der Waals surface area (Å²) >= 11 is 0. The predicted molar refractivity (Wildman–Crippen MR) is 75.3 cm³/mol. The maximum Gasteiger partial charge on any atom is 0.0682 e. The van der Waals surface area contributed by atoms with Crippen molar-refractivity contribution in [1.82, 2.24) is 9.78 Å². The van der Waals surface area contributed by atoms with Gasteiger partial charge in [0.25, 0.3) is 0 Å². The Morgan fingerprint density at radius 1 is 1.33 bits per heavy atom. The Labute approximate surface area is 110 Å². The second-order valence-electron chi connectivity index (χ2n) is 5.25. The average Bonchev–Trinajstić information content (AvgIpc) is 2.69. The van der Waals surface area contributed by atoms with Gasteiger partial charge in [-0.15, -0.1) is 0 Å². The van der Waals surface area contributed by atoms with Gasteiger partial charge >= 0.3 is 0 Å². The molecule has 0 bridgehead atoms. The van der Waals surface area contributed by atoms with Crippen molar-refractivity contribution in [3.63, 3.8) is 0 Å². The first-order valence-electron chi connectivity index (χ1n) is 7.19. The first-order chi connectivity index (χ1) is 8.72. The van der Waals surface area contributed by atoms with Gasteiger partial charge < -0.3 is 5.73 Å². The molecule has 1 aromatic rings. The van der Waals surface area contributed by atoms with Gasteiger partial charge in [0.2, 0.25) is 0 Å². The molecule has 2 N–H and O–H groups in total. The van der Waals surface area contributed by atoms with E-state index in [0.29, 0.717) is 0 Å². The highest BCUT2D eigenvalue weighted by atomic mass is 15.3. The van der Waals surface area contributed by atoms with Crippen molar-refractivity contribution in [3.05, 3.63) is 29.1 Å². The molecule has 0 spiro atoms. The summed E-state index contributed by atoms with van der Waals surface area (Å²) in [7, 11) is 2.00. The lowest BCUT2D eigenvalue weighted by molar-refractivity contribution is 0.585. The van der Waals surface area contributed by atoms with Crippen molar-refractivity contribution >= 4 is 0 Å². The van der Waals surface area contributed by atoms with Crippen molar-refractivity contribution in [2.24, 2.45) is 12.8 Å². The Kier molecular flexibility index (Phi) is 4.59. The monoisotopic (exact) mass is 247 g/mol. The second kappa shape index (κ2) is 6.19. The van der Waals surface area contributed by atoms with Crippen LogP contribution in [0.5, 0.6) is 0 Å². The van der Waals surface area contributed by atoms with Crippen LogP contribution < -0.4 is 5.73 Å². The molecule has 1 unspecified atom stereocenters. The molecule has 0 amide bonds. The van der Waals surface area contributed by atoms with E-state index in [1.54, 1.807) is 0 Å². The average molecular weight is 247 g/mol. The van der Waals surface area contributed by atoms with Gasteiger partial charge in [-0.05, 0) is 38.2 Å². The minimum atomic E-state index is 0.0286. The fourth-order valence-corrected chi connectivity index (χ4v) is 2.70. The molecule has 0 saturated carbocycles. The summed E-state index contributed by atoms with van der Waals surface area (Å²) in [5.74, 6) is 0. The predicted octanol–water partition coefficient (Wildman–Crippen LogP) is 3.26. The van der Waals surface area contributed by atoms with E-state index < -0.39 is 0 Å². The minimum absolute atomic E-state index is 0.0286. The fraction of sp³-hybridized carbons (Fsp3) is 0.667. The van der Waals surface area contributed by atoms with Gasteiger partial charge in [-0.1, -0.05) is 31.4 Å². The standard InChI is InChI=1S/C15H25N3/c1-3-13-11-14(18(2)17-13)15(16)12-9-7-5-4-6-8-10-12/h9,11,15H,3-8,10,16H2,1-2H3/b12-9+. The van der Waals surface area contributed by atoms with E-state index in [-0.39, 0.29) is 6.04 Å². The number of aromatic nitrogens is 2. The molecule has 0 fully saturated rings. The highest BCUT2D eigenvalue weighted by molar-refractivity contribution is 5.24.